The van der Waals surface area contributed by atoms with Gasteiger partial charge >= 0.3 is 0 Å². The van der Waals surface area contributed by atoms with Gasteiger partial charge < -0.3 is 10.6 Å². The molecule has 1 aromatic rings. The Balaban J connectivity index is 2.70. The van der Waals surface area contributed by atoms with Gasteiger partial charge in [0.05, 0.1) is 0 Å². The van der Waals surface area contributed by atoms with E-state index in [4.69, 9.17) is 5.73 Å². The molecule has 0 aliphatic heterocycles. The normalized spacial score (nSPS) is 12.6. The minimum atomic E-state index is 0.241. The lowest BCUT2D eigenvalue weighted by Gasteiger charge is -2.13. The van der Waals surface area contributed by atoms with Crippen molar-refractivity contribution in [3.8, 4) is 0 Å². The monoisotopic (exact) mass is 178 g/mol. The molecule has 1 unspecified atom stereocenters. The molecule has 0 saturated carbocycles. The summed E-state index contributed by atoms with van der Waals surface area (Å²) in [6.45, 7) is 2.03. The zero-order valence-corrected chi connectivity index (χ0v) is 8.62. The molecule has 2 N–H and O–H groups in total. The molecule has 0 heterocycles. The molecule has 0 radical (unpaired) electrons. The van der Waals surface area contributed by atoms with Crippen LogP contribution in [0.1, 0.15) is 12.5 Å². The number of anilines is 1. The van der Waals surface area contributed by atoms with Crippen molar-refractivity contribution in [2.45, 2.75) is 19.4 Å². The van der Waals surface area contributed by atoms with Crippen LogP contribution in [0.3, 0.4) is 0 Å². The second-order valence-electron chi connectivity index (χ2n) is 3.74. The number of hydrogen-bond donors (Lipinski definition) is 1. The van der Waals surface area contributed by atoms with Gasteiger partial charge in [0.15, 0.2) is 0 Å². The van der Waals surface area contributed by atoms with E-state index in [0.717, 1.165) is 6.42 Å². The molecule has 2 heteroatoms. The third-order valence-electron chi connectivity index (χ3n) is 2.01. The van der Waals surface area contributed by atoms with Gasteiger partial charge in [0.2, 0.25) is 0 Å². The van der Waals surface area contributed by atoms with E-state index in [-0.39, 0.29) is 6.04 Å². The van der Waals surface area contributed by atoms with Gasteiger partial charge in [-0.05, 0) is 31.0 Å². The molecule has 0 aromatic heterocycles. The maximum Gasteiger partial charge on any atom is 0.0361 e. The molecular weight excluding hydrogens is 160 g/mol. The van der Waals surface area contributed by atoms with Crippen molar-refractivity contribution < 1.29 is 0 Å². The van der Waals surface area contributed by atoms with Crippen molar-refractivity contribution in [3.05, 3.63) is 29.8 Å². The van der Waals surface area contributed by atoms with Crippen LogP contribution in [0.25, 0.3) is 0 Å². The van der Waals surface area contributed by atoms with Crippen LogP contribution in [0.2, 0.25) is 0 Å². The van der Waals surface area contributed by atoms with E-state index in [1.807, 2.05) is 21.0 Å². The fraction of sp³-hybridized carbons (Fsp3) is 0.455. The number of benzene rings is 1. The van der Waals surface area contributed by atoms with Crippen LogP contribution in [0.5, 0.6) is 0 Å². The summed E-state index contributed by atoms with van der Waals surface area (Å²) in [7, 11) is 4.08. The molecule has 0 amide bonds. The minimum absolute atomic E-state index is 0.241. The molecular formula is C11H18N2. The summed E-state index contributed by atoms with van der Waals surface area (Å²) in [5, 5.41) is 0. The van der Waals surface area contributed by atoms with Crippen LogP contribution in [0, 0.1) is 0 Å². The summed E-state index contributed by atoms with van der Waals surface area (Å²) in [6, 6.07) is 8.76. The van der Waals surface area contributed by atoms with Crippen molar-refractivity contribution in [1.82, 2.24) is 0 Å². The molecule has 0 fully saturated rings. The van der Waals surface area contributed by atoms with Crippen molar-refractivity contribution in [3.63, 3.8) is 0 Å². The van der Waals surface area contributed by atoms with E-state index in [9.17, 15) is 0 Å². The Labute approximate surface area is 80.4 Å². The Kier molecular flexibility index (Phi) is 3.32. The van der Waals surface area contributed by atoms with Crippen molar-refractivity contribution in [2.75, 3.05) is 19.0 Å². The highest BCUT2D eigenvalue weighted by molar-refractivity contribution is 5.46. The Bertz CT molecular complexity index is 249. The molecule has 1 atom stereocenters. The molecule has 2 nitrogen and oxygen atoms in total. The van der Waals surface area contributed by atoms with Gasteiger partial charge in [-0.25, -0.2) is 0 Å². The molecule has 0 aliphatic carbocycles. The maximum atomic E-state index is 5.71. The quantitative estimate of drug-likeness (QED) is 0.762. The molecule has 0 aliphatic rings. The van der Waals surface area contributed by atoms with E-state index >= 15 is 0 Å². The second-order valence-corrected chi connectivity index (χ2v) is 3.74. The zero-order chi connectivity index (χ0) is 9.84. The van der Waals surface area contributed by atoms with Crippen molar-refractivity contribution >= 4 is 5.69 Å². The number of hydrogen-bond acceptors (Lipinski definition) is 2. The Morgan fingerprint density at radius 2 is 1.77 bits per heavy atom. The summed E-state index contributed by atoms with van der Waals surface area (Å²) in [6.07, 6.45) is 0.952. The minimum Gasteiger partial charge on any atom is -0.378 e. The maximum absolute atomic E-state index is 5.71. The first-order chi connectivity index (χ1) is 6.09. The summed E-state index contributed by atoms with van der Waals surface area (Å²) in [5.74, 6) is 0. The van der Waals surface area contributed by atoms with Gasteiger partial charge in [-0.1, -0.05) is 12.1 Å². The Hall–Kier alpha value is -1.02. The van der Waals surface area contributed by atoms with Crippen LogP contribution in [0.15, 0.2) is 24.3 Å². The molecule has 0 spiro atoms. The van der Waals surface area contributed by atoms with E-state index in [1.54, 1.807) is 0 Å². The van der Waals surface area contributed by atoms with Gasteiger partial charge in [-0.15, -0.1) is 0 Å². The smallest absolute Gasteiger partial charge is 0.0361 e. The first-order valence-corrected chi connectivity index (χ1v) is 4.61. The number of nitrogens with zero attached hydrogens (tertiary/aromatic N) is 1. The Morgan fingerprint density at radius 1 is 1.23 bits per heavy atom. The highest BCUT2D eigenvalue weighted by Gasteiger charge is 1.98. The van der Waals surface area contributed by atoms with Crippen LogP contribution < -0.4 is 10.6 Å². The third kappa shape index (κ3) is 3.07. The van der Waals surface area contributed by atoms with Crippen molar-refractivity contribution in [1.29, 1.82) is 0 Å². The SMILES string of the molecule is CC(N)Cc1ccc(N(C)C)cc1. The van der Waals surface area contributed by atoms with E-state index < -0.39 is 0 Å². The summed E-state index contributed by atoms with van der Waals surface area (Å²) >= 11 is 0. The van der Waals surface area contributed by atoms with Crippen molar-refractivity contribution in [2.24, 2.45) is 5.73 Å². The zero-order valence-electron chi connectivity index (χ0n) is 8.62. The standard InChI is InChI=1S/C11H18N2/c1-9(12)8-10-4-6-11(7-5-10)13(2)3/h4-7,9H,8,12H2,1-3H3. The molecule has 1 aromatic carbocycles. The second kappa shape index (κ2) is 4.28. The molecule has 1 rings (SSSR count). The van der Waals surface area contributed by atoms with Crippen LogP contribution in [0.4, 0.5) is 5.69 Å². The highest BCUT2D eigenvalue weighted by atomic mass is 15.1. The fourth-order valence-corrected chi connectivity index (χ4v) is 1.30. The topological polar surface area (TPSA) is 29.3 Å². The van der Waals surface area contributed by atoms with Crippen LogP contribution in [-0.4, -0.2) is 20.1 Å². The van der Waals surface area contributed by atoms with E-state index in [2.05, 4.69) is 29.2 Å². The van der Waals surface area contributed by atoms with Crippen LogP contribution >= 0.6 is 0 Å². The highest BCUT2D eigenvalue weighted by Crippen LogP contribution is 2.12. The largest absolute Gasteiger partial charge is 0.378 e. The lowest BCUT2D eigenvalue weighted by Crippen LogP contribution is -2.17. The number of nitrogens with two attached hydrogens (primary N) is 1. The van der Waals surface area contributed by atoms with Gasteiger partial charge in [-0.3, -0.25) is 0 Å². The first-order valence-electron chi connectivity index (χ1n) is 4.61. The van der Waals surface area contributed by atoms with Crippen LogP contribution in [-0.2, 0) is 6.42 Å². The average Bonchev–Trinajstić information content (AvgIpc) is 2.04. The first kappa shape index (κ1) is 10.1. The number of rotatable bonds is 3. The lowest BCUT2D eigenvalue weighted by molar-refractivity contribution is 0.738. The summed E-state index contributed by atoms with van der Waals surface area (Å²) < 4.78 is 0. The summed E-state index contributed by atoms with van der Waals surface area (Å²) in [5.41, 5.74) is 8.25. The fourth-order valence-electron chi connectivity index (χ4n) is 1.30. The molecule has 0 saturated heterocycles. The predicted molar refractivity (Wildman–Crippen MR) is 58.1 cm³/mol. The van der Waals surface area contributed by atoms with Gasteiger partial charge in [0.1, 0.15) is 0 Å². The Morgan fingerprint density at radius 3 is 2.15 bits per heavy atom. The predicted octanol–water partition coefficient (Wildman–Crippen LogP) is 1.64. The van der Waals surface area contributed by atoms with E-state index in [1.165, 1.54) is 11.3 Å². The third-order valence-corrected chi connectivity index (χ3v) is 2.01. The van der Waals surface area contributed by atoms with Gasteiger partial charge in [-0.2, -0.15) is 0 Å². The summed E-state index contributed by atoms with van der Waals surface area (Å²) in [4.78, 5) is 2.09. The molecule has 72 valence electrons. The van der Waals surface area contributed by atoms with E-state index in [0.29, 0.717) is 0 Å². The average molecular weight is 178 g/mol. The van der Waals surface area contributed by atoms with Gasteiger partial charge in [0.25, 0.3) is 0 Å². The molecule has 0 bridgehead atoms. The van der Waals surface area contributed by atoms with Gasteiger partial charge in [0, 0.05) is 25.8 Å². The lowest BCUT2D eigenvalue weighted by atomic mass is 10.1. The molecule has 13 heavy (non-hydrogen) atoms.